The van der Waals surface area contributed by atoms with Gasteiger partial charge in [0, 0.05) is 35.2 Å². The van der Waals surface area contributed by atoms with Gasteiger partial charge in [-0.3, -0.25) is 14.4 Å². The summed E-state index contributed by atoms with van der Waals surface area (Å²) < 4.78 is 0. The molecule has 0 spiro atoms. The minimum Gasteiger partial charge on any atom is -0.481 e. The zero-order chi connectivity index (χ0) is 18.5. The number of aromatic nitrogens is 1. The van der Waals surface area contributed by atoms with Gasteiger partial charge in [0.2, 0.25) is 5.91 Å². The van der Waals surface area contributed by atoms with Gasteiger partial charge in [-0.1, -0.05) is 18.2 Å². The number of nitrogens with zero attached hydrogens (tertiary/aromatic N) is 1. The van der Waals surface area contributed by atoms with Crippen LogP contribution in [0.1, 0.15) is 10.4 Å². The van der Waals surface area contributed by atoms with E-state index in [0.717, 1.165) is 10.9 Å². The molecule has 0 radical (unpaired) electrons. The van der Waals surface area contributed by atoms with Crippen molar-refractivity contribution >= 4 is 52.2 Å². The first kappa shape index (κ1) is 18.7. The van der Waals surface area contributed by atoms with Crippen molar-refractivity contribution in [2.75, 3.05) is 29.7 Å². The molecule has 1 aliphatic heterocycles. The summed E-state index contributed by atoms with van der Waals surface area (Å²) in [4.78, 5) is 40.5. The van der Waals surface area contributed by atoms with Crippen molar-refractivity contribution in [2.45, 2.75) is 6.04 Å². The molecule has 1 atom stereocenters. The highest BCUT2D eigenvalue weighted by molar-refractivity contribution is 8.00. The van der Waals surface area contributed by atoms with E-state index in [4.69, 9.17) is 5.11 Å². The Hall–Kier alpha value is -2.13. The number of H-pyrrole nitrogens is 1. The van der Waals surface area contributed by atoms with Crippen molar-refractivity contribution in [3.63, 3.8) is 0 Å². The highest BCUT2D eigenvalue weighted by Crippen LogP contribution is 2.26. The van der Waals surface area contributed by atoms with Crippen molar-refractivity contribution in [1.82, 2.24) is 15.2 Å². The van der Waals surface area contributed by atoms with Gasteiger partial charge < -0.3 is 20.3 Å². The molecular weight excluding hydrogens is 374 g/mol. The van der Waals surface area contributed by atoms with Crippen LogP contribution in [0, 0.1) is 0 Å². The number of amides is 2. The second-order valence-electron chi connectivity index (χ2n) is 5.78. The molecule has 26 heavy (non-hydrogen) atoms. The molecule has 7 nitrogen and oxygen atoms in total. The molecule has 3 N–H and O–H groups in total. The molecule has 1 aromatic heterocycles. The van der Waals surface area contributed by atoms with E-state index in [-0.39, 0.29) is 17.6 Å². The van der Waals surface area contributed by atoms with Crippen molar-refractivity contribution in [1.29, 1.82) is 0 Å². The molecule has 138 valence electrons. The SMILES string of the molecule is O=C(O)CSCCNC(=O)C1CSCN1C(=O)c1c[nH]c2ccccc12. The quantitative estimate of drug-likeness (QED) is 0.618. The minimum absolute atomic E-state index is 0.0142. The molecule has 1 aromatic carbocycles. The lowest BCUT2D eigenvalue weighted by atomic mass is 10.1. The lowest BCUT2D eigenvalue weighted by molar-refractivity contribution is -0.133. The number of hydrogen-bond donors (Lipinski definition) is 3. The number of carboxylic acids is 1. The number of thioether (sulfide) groups is 2. The summed E-state index contributed by atoms with van der Waals surface area (Å²) in [5.41, 5.74) is 1.46. The fourth-order valence-electron chi connectivity index (χ4n) is 2.79. The van der Waals surface area contributed by atoms with Crippen LogP contribution in [-0.4, -0.2) is 68.5 Å². The summed E-state index contributed by atoms with van der Waals surface area (Å²) in [7, 11) is 0. The Morgan fingerprint density at radius 1 is 1.35 bits per heavy atom. The fourth-order valence-corrected chi connectivity index (χ4v) is 4.51. The Balaban J connectivity index is 1.61. The van der Waals surface area contributed by atoms with Gasteiger partial charge in [0.05, 0.1) is 17.2 Å². The average Bonchev–Trinajstić information content (AvgIpc) is 3.27. The van der Waals surface area contributed by atoms with Crippen LogP contribution in [0.15, 0.2) is 30.5 Å². The molecule has 2 heterocycles. The predicted molar refractivity (Wildman–Crippen MR) is 104 cm³/mol. The van der Waals surface area contributed by atoms with E-state index in [9.17, 15) is 14.4 Å². The van der Waals surface area contributed by atoms with Gasteiger partial charge >= 0.3 is 5.97 Å². The van der Waals surface area contributed by atoms with Crippen LogP contribution in [0.4, 0.5) is 0 Å². The fraction of sp³-hybridized carbons (Fsp3) is 0.353. The van der Waals surface area contributed by atoms with E-state index < -0.39 is 12.0 Å². The summed E-state index contributed by atoms with van der Waals surface area (Å²) in [5.74, 6) is 0.345. The number of para-hydroxylation sites is 1. The van der Waals surface area contributed by atoms with Crippen LogP contribution in [0.3, 0.4) is 0 Å². The Morgan fingerprint density at radius 3 is 2.96 bits per heavy atom. The number of nitrogens with one attached hydrogen (secondary N) is 2. The third kappa shape index (κ3) is 4.16. The molecule has 1 saturated heterocycles. The van der Waals surface area contributed by atoms with E-state index in [1.165, 1.54) is 11.8 Å². The highest BCUT2D eigenvalue weighted by Gasteiger charge is 2.35. The standard InChI is InChI=1S/C17H19N3O4S2/c21-15(22)9-25-6-5-18-16(23)14-8-26-10-20(14)17(24)12-7-19-13-4-2-1-3-11(12)13/h1-4,7,14,19H,5-6,8-10H2,(H,18,23)(H,21,22). The molecule has 0 saturated carbocycles. The summed E-state index contributed by atoms with van der Waals surface area (Å²) in [6.45, 7) is 0.382. The monoisotopic (exact) mass is 393 g/mol. The van der Waals surface area contributed by atoms with Crippen molar-refractivity contribution in [3.05, 3.63) is 36.0 Å². The number of fused-ring (bicyclic) bond motifs is 1. The average molecular weight is 393 g/mol. The molecule has 0 aliphatic carbocycles. The summed E-state index contributed by atoms with van der Waals surface area (Å²) in [6.07, 6.45) is 1.69. The zero-order valence-electron chi connectivity index (χ0n) is 13.9. The van der Waals surface area contributed by atoms with Gasteiger partial charge in [-0.25, -0.2) is 0 Å². The number of aliphatic carboxylic acids is 1. The summed E-state index contributed by atoms with van der Waals surface area (Å²) in [6, 6.07) is 7.06. The number of benzene rings is 1. The maximum absolute atomic E-state index is 12.9. The van der Waals surface area contributed by atoms with Crippen LogP contribution in [-0.2, 0) is 9.59 Å². The number of carboxylic acid groups (broad SMARTS) is 1. The minimum atomic E-state index is -0.871. The molecule has 3 rings (SSSR count). The van der Waals surface area contributed by atoms with Crippen molar-refractivity contribution in [3.8, 4) is 0 Å². The maximum Gasteiger partial charge on any atom is 0.313 e. The van der Waals surface area contributed by atoms with E-state index in [1.807, 2.05) is 24.3 Å². The van der Waals surface area contributed by atoms with Gasteiger partial charge in [-0.15, -0.1) is 23.5 Å². The van der Waals surface area contributed by atoms with Crippen LogP contribution < -0.4 is 5.32 Å². The van der Waals surface area contributed by atoms with E-state index in [0.29, 0.717) is 29.5 Å². The molecule has 1 fully saturated rings. The predicted octanol–water partition coefficient (Wildman–Crippen LogP) is 1.62. The van der Waals surface area contributed by atoms with Gasteiger partial charge in [-0.05, 0) is 6.07 Å². The molecule has 2 aromatic rings. The molecule has 9 heteroatoms. The first-order valence-corrected chi connectivity index (χ1v) is 10.4. The van der Waals surface area contributed by atoms with E-state index in [1.54, 1.807) is 22.9 Å². The largest absolute Gasteiger partial charge is 0.481 e. The molecule has 0 bridgehead atoms. The second-order valence-corrected chi connectivity index (χ2v) is 7.88. The van der Waals surface area contributed by atoms with E-state index >= 15 is 0 Å². The summed E-state index contributed by atoms with van der Waals surface area (Å²) >= 11 is 2.80. The number of carbonyl (C=O) groups is 3. The first-order valence-electron chi connectivity index (χ1n) is 8.10. The lowest BCUT2D eigenvalue weighted by Crippen LogP contribution is -2.47. The Kier molecular flexibility index (Phi) is 6.10. The smallest absolute Gasteiger partial charge is 0.313 e. The Bertz CT molecular complexity index is 823. The Labute approximate surface area is 158 Å². The lowest BCUT2D eigenvalue weighted by Gasteiger charge is -2.22. The number of rotatable bonds is 7. The number of carbonyl (C=O) groups excluding carboxylic acids is 2. The van der Waals surface area contributed by atoms with E-state index in [2.05, 4.69) is 10.3 Å². The van der Waals surface area contributed by atoms with Crippen LogP contribution in [0.5, 0.6) is 0 Å². The molecule has 1 aliphatic rings. The third-order valence-corrected chi connectivity index (χ3v) is 5.99. The van der Waals surface area contributed by atoms with Crippen LogP contribution in [0.25, 0.3) is 10.9 Å². The Morgan fingerprint density at radius 2 is 2.15 bits per heavy atom. The van der Waals surface area contributed by atoms with Crippen LogP contribution in [0.2, 0.25) is 0 Å². The van der Waals surface area contributed by atoms with Crippen molar-refractivity contribution in [2.24, 2.45) is 0 Å². The second kappa shape index (κ2) is 8.50. The van der Waals surface area contributed by atoms with Gasteiger partial charge in [0.25, 0.3) is 5.91 Å². The molecule has 2 amide bonds. The zero-order valence-corrected chi connectivity index (χ0v) is 15.6. The number of hydrogen-bond acceptors (Lipinski definition) is 5. The number of aromatic amines is 1. The third-order valence-electron chi connectivity index (χ3n) is 4.04. The van der Waals surface area contributed by atoms with Gasteiger partial charge in [0.1, 0.15) is 6.04 Å². The van der Waals surface area contributed by atoms with Gasteiger partial charge in [0.15, 0.2) is 0 Å². The molecule has 1 unspecified atom stereocenters. The normalized spacial score (nSPS) is 16.8. The summed E-state index contributed by atoms with van der Waals surface area (Å²) in [5, 5.41) is 12.2. The van der Waals surface area contributed by atoms with Crippen LogP contribution >= 0.6 is 23.5 Å². The topological polar surface area (TPSA) is 102 Å². The van der Waals surface area contributed by atoms with Gasteiger partial charge in [-0.2, -0.15) is 0 Å². The van der Waals surface area contributed by atoms with Crippen molar-refractivity contribution < 1.29 is 19.5 Å². The highest BCUT2D eigenvalue weighted by atomic mass is 32.2. The maximum atomic E-state index is 12.9. The first-order chi connectivity index (χ1) is 12.6. The molecular formula is C17H19N3O4S2.